The summed E-state index contributed by atoms with van der Waals surface area (Å²) in [6.45, 7) is 3.16. The Labute approximate surface area is 160 Å². The fraction of sp³-hybridized carbons (Fsp3) is 0.300. The van der Waals surface area contributed by atoms with Gasteiger partial charge in [-0.1, -0.05) is 6.07 Å². The van der Waals surface area contributed by atoms with Gasteiger partial charge in [-0.15, -0.1) is 10.2 Å². The van der Waals surface area contributed by atoms with Crippen LogP contribution < -0.4 is 0 Å². The molecule has 0 spiro atoms. The maximum absolute atomic E-state index is 13.1. The van der Waals surface area contributed by atoms with Crippen molar-refractivity contribution in [1.82, 2.24) is 24.5 Å². The summed E-state index contributed by atoms with van der Waals surface area (Å²) in [5, 5.41) is 8.25. The number of likely N-dealkylation sites (tertiary alicyclic amines) is 1. The topological polar surface area (TPSA) is 89.7 Å². The number of pyridine rings is 1. The quantitative estimate of drug-likeness (QED) is 0.544. The zero-order chi connectivity index (χ0) is 19.1. The fourth-order valence-electron chi connectivity index (χ4n) is 3.75. The van der Waals surface area contributed by atoms with E-state index in [-0.39, 0.29) is 11.8 Å². The molecule has 5 heterocycles. The summed E-state index contributed by atoms with van der Waals surface area (Å²) < 4.78 is 12.9. The Morgan fingerprint density at radius 1 is 1.14 bits per heavy atom. The number of aromatic nitrogens is 4. The number of fused-ring (bicyclic) bond motifs is 1. The Kier molecular flexibility index (Phi) is 3.96. The number of piperidine rings is 1. The smallest absolute Gasteiger partial charge is 0.283 e. The van der Waals surface area contributed by atoms with Crippen LogP contribution in [-0.4, -0.2) is 43.5 Å². The highest BCUT2D eigenvalue weighted by Crippen LogP contribution is 2.30. The third kappa shape index (κ3) is 2.77. The average molecular weight is 377 g/mol. The Morgan fingerprint density at radius 3 is 2.79 bits per heavy atom. The number of hydrogen-bond acceptors (Lipinski definition) is 6. The van der Waals surface area contributed by atoms with Crippen molar-refractivity contribution in [2.24, 2.45) is 0 Å². The number of rotatable bonds is 3. The average Bonchev–Trinajstić information content (AvgIpc) is 3.46. The number of carbonyl (C=O) groups excluding carboxylic acids is 1. The predicted octanol–water partition coefficient (Wildman–Crippen LogP) is 3.31. The highest BCUT2D eigenvalue weighted by Gasteiger charge is 2.30. The van der Waals surface area contributed by atoms with Gasteiger partial charge in [0.2, 0.25) is 5.89 Å². The summed E-state index contributed by atoms with van der Waals surface area (Å²) in [5.74, 6) is 1.71. The highest BCUT2D eigenvalue weighted by molar-refractivity contribution is 5.94. The van der Waals surface area contributed by atoms with Gasteiger partial charge in [0, 0.05) is 25.2 Å². The van der Waals surface area contributed by atoms with Crippen molar-refractivity contribution in [3.63, 3.8) is 0 Å². The number of aryl methyl sites for hydroxylation is 1. The zero-order valence-electron chi connectivity index (χ0n) is 15.4. The van der Waals surface area contributed by atoms with E-state index in [9.17, 15) is 4.79 Å². The van der Waals surface area contributed by atoms with Gasteiger partial charge in [-0.2, -0.15) is 0 Å². The molecule has 28 heavy (non-hydrogen) atoms. The molecule has 5 rings (SSSR count). The number of hydrogen-bond donors (Lipinski definition) is 0. The molecule has 0 N–H and O–H groups in total. The summed E-state index contributed by atoms with van der Waals surface area (Å²) in [5.41, 5.74) is 2.17. The fourth-order valence-corrected chi connectivity index (χ4v) is 3.75. The van der Waals surface area contributed by atoms with Crippen molar-refractivity contribution in [3.05, 3.63) is 60.1 Å². The van der Waals surface area contributed by atoms with Gasteiger partial charge >= 0.3 is 0 Å². The van der Waals surface area contributed by atoms with Crippen LogP contribution in [0.15, 0.2) is 51.6 Å². The van der Waals surface area contributed by atoms with Crippen molar-refractivity contribution >= 4 is 11.6 Å². The lowest BCUT2D eigenvalue weighted by Gasteiger charge is -2.30. The molecule has 0 saturated carbocycles. The molecule has 142 valence electrons. The number of carbonyl (C=O) groups is 1. The molecule has 4 aromatic heterocycles. The second-order valence-electron chi connectivity index (χ2n) is 6.96. The molecule has 1 aliphatic rings. The molecule has 0 atom stereocenters. The molecule has 4 aromatic rings. The first-order valence-electron chi connectivity index (χ1n) is 9.31. The molecule has 0 aromatic carbocycles. The Hall–Kier alpha value is -3.42. The van der Waals surface area contributed by atoms with Gasteiger partial charge in [-0.05, 0) is 44.0 Å². The number of nitrogens with zero attached hydrogens (tertiary/aromatic N) is 5. The molecule has 1 fully saturated rings. The number of furan rings is 1. The Morgan fingerprint density at radius 2 is 2.00 bits per heavy atom. The van der Waals surface area contributed by atoms with E-state index in [0.717, 1.165) is 24.2 Å². The van der Waals surface area contributed by atoms with Crippen molar-refractivity contribution in [3.8, 4) is 11.7 Å². The van der Waals surface area contributed by atoms with E-state index in [1.165, 1.54) is 0 Å². The van der Waals surface area contributed by atoms with Gasteiger partial charge in [-0.25, -0.2) is 4.98 Å². The van der Waals surface area contributed by atoms with Crippen LogP contribution in [0.3, 0.4) is 0 Å². The lowest BCUT2D eigenvalue weighted by Crippen LogP contribution is -2.38. The first-order valence-corrected chi connectivity index (χ1v) is 9.31. The molecule has 8 nitrogen and oxygen atoms in total. The van der Waals surface area contributed by atoms with E-state index in [1.54, 1.807) is 18.4 Å². The summed E-state index contributed by atoms with van der Waals surface area (Å²) in [4.78, 5) is 19.5. The first kappa shape index (κ1) is 16.7. The summed E-state index contributed by atoms with van der Waals surface area (Å²) in [7, 11) is 0. The third-order valence-electron chi connectivity index (χ3n) is 5.21. The summed E-state index contributed by atoms with van der Waals surface area (Å²) in [6.07, 6.45) is 5.01. The molecule has 0 radical (unpaired) electrons. The minimum atomic E-state index is 0.0106. The van der Waals surface area contributed by atoms with E-state index in [0.29, 0.717) is 36.3 Å². The van der Waals surface area contributed by atoms with Crippen LogP contribution in [0.2, 0.25) is 0 Å². The van der Waals surface area contributed by atoms with Crippen molar-refractivity contribution in [1.29, 1.82) is 0 Å². The van der Waals surface area contributed by atoms with Crippen LogP contribution in [0.25, 0.3) is 17.3 Å². The van der Waals surface area contributed by atoms with Gasteiger partial charge in [0.05, 0.1) is 12.0 Å². The second kappa shape index (κ2) is 6.63. The number of imidazole rings is 1. The molecule has 8 heteroatoms. The molecular formula is C20H19N5O3. The van der Waals surface area contributed by atoms with Crippen LogP contribution >= 0.6 is 0 Å². The van der Waals surface area contributed by atoms with Gasteiger partial charge < -0.3 is 13.7 Å². The van der Waals surface area contributed by atoms with Crippen molar-refractivity contribution in [2.75, 3.05) is 13.1 Å². The maximum Gasteiger partial charge on any atom is 0.283 e. The van der Waals surface area contributed by atoms with E-state index >= 15 is 0 Å². The lowest BCUT2D eigenvalue weighted by atomic mass is 9.96. The normalized spacial score (nSPS) is 15.4. The van der Waals surface area contributed by atoms with Gasteiger partial charge in [0.15, 0.2) is 5.76 Å². The largest absolute Gasteiger partial charge is 0.459 e. The minimum absolute atomic E-state index is 0.0106. The van der Waals surface area contributed by atoms with Crippen LogP contribution in [0, 0.1) is 6.92 Å². The van der Waals surface area contributed by atoms with Gasteiger partial charge in [-0.3, -0.25) is 9.20 Å². The SMILES string of the molecule is Cc1nc2ccccn2c1C(=O)N1CCC(c2nnc(-c3ccco3)o2)CC1. The highest BCUT2D eigenvalue weighted by atomic mass is 16.4. The lowest BCUT2D eigenvalue weighted by molar-refractivity contribution is 0.0698. The van der Waals surface area contributed by atoms with Crippen molar-refractivity contribution in [2.45, 2.75) is 25.7 Å². The standard InChI is InChI=1S/C20H19N5O3/c1-13-17(25-9-3-2-6-16(25)21-13)20(26)24-10-7-14(8-11-24)18-22-23-19(28-18)15-5-4-12-27-15/h2-6,9,12,14H,7-8,10-11H2,1H3. The van der Waals surface area contributed by atoms with E-state index in [2.05, 4.69) is 15.2 Å². The predicted molar refractivity (Wildman–Crippen MR) is 99.8 cm³/mol. The second-order valence-corrected chi connectivity index (χ2v) is 6.96. The molecule has 1 amide bonds. The molecular weight excluding hydrogens is 358 g/mol. The van der Waals surface area contributed by atoms with Crippen LogP contribution in [0.5, 0.6) is 0 Å². The van der Waals surface area contributed by atoms with Gasteiger partial charge in [0.1, 0.15) is 11.3 Å². The van der Waals surface area contributed by atoms with E-state index in [1.807, 2.05) is 40.6 Å². The Bertz CT molecular complexity index is 1120. The molecule has 0 aliphatic carbocycles. The molecule has 0 unspecified atom stereocenters. The van der Waals surface area contributed by atoms with E-state index < -0.39 is 0 Å². The van der Waals surface area contributed by atoms with Crippen molar-refractivity contribution < 1.29 is 13.6 Å². The number of amides is 1. The van der Waals surface area contributed by atoms with Gasteiger partial charge in [0.25, 0.3) is 11.8 Å². The third-order valence-corrected chi connectivity index (χ3v) is 5.21. The maximum atomic E-state index is 13.1. The zero-order valence-corrected chi connectivity index (χ0v) is 15.4. The molecule has 0 bridgehead atoms. The van der Waals surface area contributed by atoms with Crippen LogP contribution in [0.4, 0.5) is 0 Å². The summed E-state index contributed by atoms with van der Waals surface area (Å²) in [6, 6.07) is 9.30. The van der Waals surface area contributed by atoms with Crippen LogP contribution in [0.1, 0.15) is 40.8 Å². The summed E-state index contributed by atoms with van der Waals surface area (Å²) >= 11 is 0. The molecule has 1 saturated heterocycles. The Balaban J connectivity index is 1.30. The van der Waals surface area contributed by atoms with E-state index in [4.69, 9.17) is 8.83 Å². The van der Waals surface area contributed by atoms with Crippen LogP contribution in [-0.2, 0) is 0 Å². The minimum Gasteiger partial charge on any atom is -0.459 e. The molecule has 1 aliphatic heterocycles. The monoisotopic (exact) mass is 377 g/mol. The first-order chi connectivity index (χ1) is 13.7.